The van der Waals surface area contributed by atoms with Crippen molar-refractivity contribution in [2.24, 2.45) is 0 Å². The van der Waals surface area contributed by atoms with E-state index >= 15 is 0 Å². The van der Waals surface area contributed by atoms with Gasteiger partial charge in [-0.3, -0.25) is 4.79 Å². The summed E-state index contributed by atoms with van der Waals surface area (Å²) in [6, 6.07) is 5.23. The Bertz CT molecular complexity index is 575. The third-order valence-corrected chi connectivity index (χ3v) is 3.37. The Morgan fingerprint density at radius 3 is 3.00 bits per heavy atom. The second kappa shape index (κ2) is 7.91. The van der Waals surface area contributed by atoms with Crippen molar-refractivity contribution < 1.29 is 19.0 Å². The lowest BCUT2D eigenvalue weighted by atomic mass is 10.1. The van der Waals surface area contributed by atoms with Crippen LogP contribution < -0.4 is 15.4 Å². The fraction of sp³-hybridized carbons (Fsp3) is 0.400. The molecule has 0 spiro atoms. The number of carbonyl (C=O) groups is 1. The van der Waals surface area contributed by atoms with E-state index in [-0.39, 0.29) is 12.6 Å². The monoisotopic (exact) mass is 326 g/mol. The Hall–Kier alpha value is -1.92. The van der Waals surface area contributed by atoms with Gasteiger partial charge in [-0.2, -0.15) is 0 Å². The van der Waals surface area contributed by atoms with E-state index < -0.39 is 0 Å². The Morgan fingerprint density at radius 2 is 2.32 bits per heavy atom. The third kappa shape index (κ3) is 3.84. The molecular weight excluding hydrogens is 308 g/mol. The average molecular weight is 327 g/mol. The highest BCUT2D eigenvalue weighted by Crippen LogP contribution is 2.30. The normalized spacial score (nSPS) is 13.6. The number of hydrogen-bond acceptors (Lipinski definition) is 5. The quantitative estimate of drug-likeness (QED) is 0.747. The van der Waals surface area contributed by atoms with E-state index in [1.165, 1.54) is 0 Å². The second-order valence-corrected chi connectivity index (χ2v) is 4.88. The summed E-state index contributed by atoms with van der Waals surface area (Å²) in [5.74, 6) is 0.803. The average Bonchev–Trinajstić information content (AvgIpc) is 3.01. The fourth-order valence-electron chi connectivity index (χ4n) is 2.02. The second-order valence-electron chi connectivity index (χ2n) is 4.47. The van der Waals surface area contributed by atoms with Crippen LogP contribution in [0.2, 0.25) is 5.02 Å². The lowest BCUT2D eigenvalue weighted by Gasteiger charge is -2.09. The molecule has 0 fully saturated rings. The molecule has 0 unspecified atom stereocenters. The van der Waals surface area contributed by atoms with Gasteiger partial charge in [-0.05, 0) is 25.1 Å². The van der Waals surface area contributed by atoms with Crippen molar-refractivity contribution in [2.75, 3.05) is 33.6 Å². The summed E-state index contributed by atoms with van der Waals surface area (Å²) in [5.41, 5.74) is 1.10. The molecule has 7 heteroatoms. The minimum Gasteiger partial charge on any atom is -0.495 e. The topological polar surface area (TPSA) is 68.8 Å². The van der Waals surface area contributed by atoms with E-state index in [2.05, 4.69) is 10.6 Å². The number of halogens is 1. The maximum atomic E-state index is 12.2. The van der Waals surface area contributed by atoms with Crippen LogP contribution >= 0.6 is 11.6 Å². The van der Waals surface area contributed by atoms with Crippen molar-refractivity contribution in [1.29, 1.82) is 0 Å². The Kier molecular flexibility index (Phi) is 5.91. The van der Waals surface area contributed by atoms with Crippen LogP contribution in [-0.2, 0) is 14.3 Å². The first-order valence-electron chi connectivity index (χ1n) is 6.98. The molecule has 0 saturated carbocycles. The van der Waals surface area contributed by atoms with E-state index in [9.17, 15) is 4.79 Å². The first-order chi connectivity index (χ1) is 10.7. The van der Waals surface area contributed by atoms with Crippen LogP contribution in [0.25, 0.3) is 5.76 Å². The van der Waals surface area contributed by atoms with Gasteiger partial charge in [0, 0.05) is 18.7 Å². The van der Waals surface area contributed by atoms with Crippen molar-refractivity contribution >= 4 is 23.3 Å². The molecule has 2 rings (SSSR count). The number of methoxy groups -OCH3 is 1. The molecule has 1 aliphatic rings. The number of nitrogens with one attached hydrogen (secondary N) is 2. The van der Waals surface area contributed by atoms with Crippen molar-refractivity contribution in [1.82, 2.24) is 10.6 Å². The molecule has 0 bridgehead atoms. The highest BCUT2D eigenvalue weighted by Gasteiger charge is 2.23. The summed E-state index contributed by atoms with van der Waals surface area (Å²) in [6.07, 6.45) is 0. The zero-order valence-corrected chi connectivity index (χ0v) is 13.3. The zero-order chi connectivity index (χ0) is 15.9. The van der Waals surface area contributed by atoms with Gasteiger partial charge < -0.3 is 24.8 Å². The predicted molar refractivity (Wildman–Crippen MR) is 83.5 cm³/mol. The zero-order valence-electron chi connectivity index (χ0n) is 12.6. The molecule has 0 aromatic heterocycles. The number of rotatable bonds is 7. The molecule has 0 saturated heterocycles. The van der Waals surface area contributed by atoms with Crippen molar-refractivity contribution in [3.63, 3.8) is 0 Å². The van der Waals surface area contributed by atoms with E-state index in [0.29, 0.717) is 47.6 Å². The van der Waals surface area contributed by atoms with Crippen LogP contribution in [-0.4, -0.2) is 39.5 Å². The van der Waals surface area contributed by atoms with Gasteiger partial charge in [0.15, 0.2) is 12.5 Å². The molecule has 22 heavy (non-hydrogen) atoms. The van der Waals surface area contributed by atoms with Crippen LogP contribution in [0.1, 0.15) is 12.5 Å². The lowest BCUT2D eigenvalue weighted by Crippen LogP contribution is -2.32. The van der Waals surface area contributed by atoms with E-state index in [1.54, 1.807) is 25.3 Å². The van der Waals surface area contributed by atoms with Gasteiger partial charge in [-0.25, -0.2) is 0 Å². The predicted octanol–water partition coefficient (Wildman–Crippen LogP) is 1.75. The summed E-state index contributed by atoms with van der Waals surface area (Å²) in [6.45, 7) is 3.68. The maximum absolute atomic E-state index is 12.2. The summed E-state index contributed by atoms with van der Waals surface area (Å²) in [5, 5.41) is 6.16. The Labute approximate surface area is 134 Å². The van der Waals surface area contributed by atoms with Gasteiger partial charge in [-0.1, -0.05) is 11.6 Å². The minimum absolute atomic E-state index is 0.237. The first kappa shape index (κ1) is 16.5. The molecule has 6 nitrogen and oxygen atoms in total. The number of carbonyl (C=O) groups excluding carboxylic acids is 1. The Morgan fingerprint density at radius 1 is 1.50 bits per heavy atom. The molecule has 1 aromatic carbocycles. The van der Waals surface area contributed by atoms with Gasteiger partial charge in [0.1, 0.15) is 11.4 Å². The van der Waals surface area contributed by atoms with E-state index in [1.807, 2.05) is 6.92 Å². The molecule has 0 aliphatic carbocycles. The van der Waals surface area contributed by atoms with Crippen LogP contribution in [0.5, 0.6) is 5.75 Å². The summed E-state index contributed by atoms with van der Waals surface area (Å²) in [4.78, 5) is 12.2. The molecule has 1 aromatic rings. The molecule has 2 N–H and O–H groups in total. The Balaban J connectivity index is 2.13. The number of ether oxygens (including phenoxy) is 3. The third-order valence-electron chi connectivity index (χ3n) is 3.07. The number of amides is 1. The van der Waals surface area contributed by atoms with Crippen LogP contribution in [0.4, 0.5) is 0 Å². The van der Waals surface area contributed by atoms with Crippen LogP contribution in [0, 0.1) is 0 Å². The van der Waals surface area contributed by atoms with Gasteiger partial charge >= 0.3 is 0 Å². The minimum atomic E-state index is -0.237. The van der Waals surface area contributed by atoms with Gasteiger partial charge in [0.2, 0.25) is 0 Å². The van der Waals surface area contributed by atoms with E-state index in [0.717, 1.165) is 0 Å². The van der Waals surface area contributed by atoms with Gasteiger partial charge in [0.05, 0.1) is 18.7 Å². The highest BCUT2D eigenvalue weighted by atomic mass is 35.5. The standard InChI is InChI=1S/C15H19ClN2O4/c1-3-21-7-6-17-15(19)13-14(22-9-18-13)10-4-5-12(20-2)11(16)8-10/h4-5,8,18H,3,6-7,9H2,1-2H3,(H,17,19). The van der Waals surface area contributed by atoms with Gasteiger partial charge in [0.25, 0.3) is 5.91 Å². The maximum Gasteiger partial charge on any atom is 0.271 e. The largest absolute Gasteiger partial charge is 0.495 e. The SMILES string of the molecule is CCOCCNC(=O)C1=C(c2ccc(OC)c(Cl)c2)OCN1. The smallest absolute Gasteiger partial charge is 0.271 e. The number of benzene rings is 1. The van der Waals surface area contributed by atoms with Crippen LogP contribution in [0.3, 0.4) is 0 Å². The summed E-state index contributed by atoms with van der Waals surface area (Å²) in [7, 11) is 1.55. The molecule has 0 atom stereocenters. The molecule has 120 valence electrons. The van der Waals surface area contributed by atoms with E-state index in [4.69, 9.17) is 25.8 Å². The summed E-state index contributed by atoms with van der Waals surface area (Å²) >= 11 is 6.11. The fourth-order valence-corrected chi connectivity index (χ4v) is 2.28. The lowest BCUT2D eigenvalue weighted by molar-refractivity contribution is -0.117. The first-order valence-corrected chi connectivity index (χ1v) is 7.36. The van der Waals surface area contributed by atoms with Crippen molar-refractivity contribution in [2.45, 2.75) is 6.92 Å². The molecule has 0 radical (unpaired) electrons. The summed E-state index contributed by atoms with van der Waals surface area (Å²) < 4.78 is 15.8. The van der Waals surface area contributed by atoms with Crippen molar-refractivity contribution in [3.8, 4) is 5.75 Å². The highest BCUT2D eigenvalue weighted by molar-refractivity contribution is 6.32. The van der Waals surface area contributed by atoms with Crippen LogP contribution in [0.15, 0.2) is 23.9 Å². The molecule has 1 amide bonds. The molecule has 1 heterocycles. The molecule has 1 aliphatic heterocycles. The van der Waals surface area contributed by atoms with Gasteiger partial charge in [-0.15, -0.1) is 0 Å². The number of hydrogen-bond donors (Lipinski definition) is 2. The van der Waals surface area contributed by atoms with Crippen molar-refractivity contribution in [3.05, 3.63) is 34.5 Å². The molecular formula is C15H19ClN2O4.